The Kier molecular flexibility index (Phi) is 7.71. The molecule has 0 aromatic heterocycles. The van der Waals surface area contributed by atoms with Crippen molar-refractivity contribution in [1.29, 1.82) is 0 Å². The SMILES string of the molecule is CN1[CH-]N(C)CC1.[Cu+2].[SH-]. The second-order valence-corrected chi connectivity index (χ2v) is 2.08. The van der Waals surface area contributed by atoms with Gasteiger partial charge in [-0.1, -0.05) is 0 Å². The third-order valence-corrected chi connectivity index (χ3v) is 1.20. The first kappa shape index (κ1) is 12.5. The van der Waals surface area contributed by atoms with E-state index >= 15 is 0 Å². The molecule has 4 heteroatoms. The fourth-order valence-electron chi connectivity index (χ4n) is 0.767. The van der Waals surface area contributed by atoms with Crippen LogP contribution in [-0.4, -0.2) is 37.0 Å². The van der Waals surface area contributed by atoms with Gasteiger partial charge in [-0.2, -0.15) is 0 Å². The van der Waals surface area contributed by atoms with E-state index in [1.165, 1.54) is 13.1 Å². The van der Waals surface area contributed by atoms with Crippen LogP contribution in [0.3, 0.4) is 0 Å². The summed E-state index contributed by atoms with van der Waals surface area (Å²) in [6.07, 6.45) is 0. The number of thiol groups is 1. The smallest absolute Gasteiger partial charge is 0.813 e. The monoisotopic (exact) mass is 195 g/mol. The average Bonchev–Trinajstić information content (AvgIpc) is 1.87. The van der Waals surface area contributed by atoms with E-state index in [-0.39, 0.29) is 30.6 Å². The third kappa shape index (κ3) is 4.23. The molecule has 0 saturated carbocycles. The van der Waals surface area contributed by atoms with Gasteiger partial charge in [-0.25, -0.2) is 6.67 Å². The van der Waals surface area contributed by atoms with Crippen molar-refractivity contribution in [1.82, 2.24) is 9.80 Å². The molecule has 0 aromatic rings. The summed E-state index contributed by atoms with van der Waals surface area (Å²) in [5, 5.41) is 0. The molecular formula is C5H12CuN2S. The second-order valence-electron chi connectivity index (χ2n) is 2.08. The Bertz CT molecular complexity index is 64.0. The quantitative estimate of drug-likeness (QED) is 0.227. The number of rotatable bonds is 0. The molecule has 1 heterocycles. The summed E-state index contributed by atoms with van der Waals surface area (Å²) in [6.45, 7) is 4.47. The zero-order valence-electron chi connectivity index (χ0n) is 5.63. The van der Waals surface area contributed by atoms with Crippen LogP contribution in [0.25, 0.3) is 0 Å². The molecule has 1 radical (unpaired) electrons. The van der Waals surface area contributed by atoms with E-state index in [0.717, 1.165) is 0 Å². The van der Waals surface area contributed by atoms with Gasteiger partial charge in [-0.05, 0) is 27.2 Å². The zero-order valence-corrected chi connectivity index (χ0v) is 7.47. The van der Waals surface area contributed by atoms with E-state index in [1.807, 2.05) is 0 Å². The van der Waals surface area contributed by atoms with Crippen LogP contribution in [0.15, 0.2) is 0 Å². The fraction of sp³-hybridized carbons (Fsp3) is 0.800. The van der Waals surface area contributed by atoms with Gasteiger partial charge in [0.2, 0.25) is 0 Å². The summed E-state index contributed by atoms with van der Waals surface area (Å²) in [6, 6.07) is 0. The van der Waals surface area contributed by atoms with Crippen molar-refractivity contribution in [2.45, 2.75) is 0 Å². The minimum absolute atomic E-state index is 0. The van der Waals surface area contributed by atoms with E-state index in [2.05, 4.69) is 30.6 Å². The maximum Gasteiger partial charge on any atom is 2.00 e. The molecule has 0 amide bonds. The van der Waals surface area contributed by atoms with Crippen molar-refractivity contribution < 1.29 is 17.1 Å². The number of likely N-dealkylation sites (N-methyl/N-ethyl adjacent to an activating group) is 2. The molecule has 1 aliphatic heterocycles. The maximum atomic E-state index is 2.18. The van der Waals surface area contributed by atoms with Crippen LogP contribution in [0, 0.1) is 6.67 Å². The molecular weight excluding hydrogens is 184 g/mol. The average molecular weight is 196 g/mol. The number of hydrogen-bond acceptors (Lipinski definition) is 3. The molecule has 0 unspecified atom stereocenters. The first-order valence-electron chi connectivity index (χ1n) is 2.54. The standard InChI is InChI=1S/C5H11N2.Cu.H2S/c1-6-3-4-7(2)5-6;;/h5H,3-4H2,1-2H3;;1H2/q-1;+2;/p-1. The van der Waals surface area contributed by atoms with Gasteiger partial charge in [0.1, 0.15) is 0 Å². The normalized spacial score (nSPS) is 20.7. The van der Waals surface area contributed by atoms with Crippen LogP contribution in [-0.2, 0) is 30.6 Å². The second kappa shape index (κ2) is 5.56. The summed E-state index contributed by atoms with van der Waals surface area (Å²) in [5.41, 5.74) is 0. The van der Waals surface area contributed by atoms with Crippen LogP contribution >= 0.6 is 0 Å². The summed E-state index contributed by atoms with van der Waals surface area (Å²) in [7, 11) is 4.17. The first-order chi connectivity index (χ1) is 3.29. The van der Waals surface area contributed by atoms with Gasteiger partial charge in [-0.15, -0.1) is 0 Å². The van der Waals surface area contributed by atoms with E-state index in [1.54, 1.807) is 0 Å². The Morgan fingerprint density at radius 1 is 1.11 bits per heavy atom. The van der Waals surface area contributed by atoms with Crippen LogP contribution < -0.4 is 0 Å². The van der Waals surface area contributed by atoms with Crippen LogP contribution in [0.2, 0.25) is 0 Å². The molecule has 1 fully saturated rings. The Morgan fingerprint density at radius 2 is 1.44 bits per heavy atom. The molecule has 1 saturated heterocycles. The number of hydrogen-bond donors (Lipinski definition) is 0. The van der Waals surface area contributed by atoms with Crippen molar-refractivity contribution in [3.05, 3.63) is 6.67 Å². The van der Waals surface area contributed by atoms with Gasteiger partial charge in [0, 0.05) is 0 Å². The first-order valence-corrected chi connectivity index (χ1v) is 2.54. The van der Waals surface area contributed by atoms with E-state index in [9.17, 15) is 0 Å². The van der Waals surface area contributed by atoms with Crippen LogP contribution in [0.1, 0.15) is 0 Å². The molecule has 0 atom stereocenters. The van der Waals surface area contributed by atoms with E-state index in [4.69, 9.17) is 0 Å². The van der Waals surface area contributed by atoms with Crippen molar-refractivity contribution in [3.8, 4) is 0 Å². The van der Waals surface area contributed by atoms with Crippen LogP contribution in [0.4, 0.5) is 0 Å². The molecule has 1 aliphatic rings. The Morgan fingerprint density at radius 3 is 1.56 bits per heavy atom. The van der Waals surface area contributed by atoms with Crippen molar-refractivity contribution in [2.75, 3.05) is 27.2 Å². The van der Waals surface area contributed by atoms with Gasteiger partial charge < -0.3 is 23.3 Å². The summed E-state index contributed by atoms with van der Waals surface area (Å²) < 4.78 is 0. The Hall–Kier alpha value is 0.789. The van der Waals surface area contributed by atoms with Crippen molar-refractivity contribution in [2.24, 2.45) is 0 Å². The Balaban J connectivity index is 0. The van der Waals surface area contributed by atoms with E-state index < -0.39 is 0 Å². The molecule has 0 spiro atoms. The fourth-order valence-corrected chi connectivity index (χ4v) is 0.767. The molecule has 0 N–H and O–H groups in total. The molecule has 9 heavy (non-hydrogen) atoms. The molecule has 0 aliphatic carbocycles. The molecule has 0 bridgehead atoms. The summed E-state index contributed by atoms with van der Waals surface area (Å²) in [5.74, 6) is 0. The van der Waals surface area contributed by atoms with Gasteiger partial charge in [-0.3, -0.25) is 0 Å². The summed E-state index contributed by atoms with van der Waals surface area (Å²) >= 11 is 0. The molecule has 59 valence electrons. The minimum Gasteiger partial charge on any atom is -0.813 e. The van der Waals surface area contributed by atoms with Gasteiger partial charge in [0.05, 0.1) is 0 Å². The van der Waals surface area contributed by atoms with Crippen molar-refractivity contribution in [3.63, 3.8) is 0 Å². The predicted octanol–water partition coefficient (Wildman–Crippen LogP) is -0.290. The van der Waals surface area contributed by atoms with Gasteiger partial charge in [0.15, 0.2) is 0 Å². The summed E-state index contributed by atoms with van der Waals surface area (Å²) in [4.78, 5) is 4.36. The third-order valence-electron chi connectivity index (χ3n) is 1.20. The van der Waals surface area contributed by atoms with Gasteiger partial charge in [0.25, 0.3) is 0 Å². The molecule has 0 aromatic carbocycles. The minimum atomic E-state index is 0. The van der Waals surface area contributed by atoms with Crippen molar-refractivity contribution >= 4 is 13.5 Å². The predicted molar refractivity (Wildman–Crippen MR) is 38.3 cm³/mol. The molecule has 2 nitrogen and oxygen atoms in total. The molecule has 1 rings (SSSR count). The Labute approximate surface area is 74.5 Å². The zero-order chi connectivity index (χ0) is 5.28. The largest absolute Gasteiger partial charge is 2.00 e. The van der Waals surface area contributed by atoms with Gasteiger partial charge >= 0.3 is 17.1 Å². The van der Waals surface area contributed by atoms with Crippen LogP contribution in [0.5, 0.6) is 0 Å². The number of nitrogens with zero attached hydrogens (tertiary/aromatic N) is 2. The maximum absolute atomic E-state index is 2.18. The van der Waals surface area contributed by atoms with E-state index in [0.29, 0.717) is 0 Å². The topological polar surface area (TPSA) is 6.48 Å².